The summed E-state index contributed by atoms with van der Waals surface area (Å²) < 4.78 is 63.4. The van der Waals surface area contributed by atoms with Crippen molar-refractivity contribution in [1.82, 2.24) is 0 Å². The van der Waals surface area contributed by atoms with Gasteiger partial charge in [0.1, 0.15) is 4.90 Å². The maximum absolute atomic E-state index is 12.7. The molecule has 124 valence electrons. The maximum atomic E-state index is 12.7. The van der Waals surface area contributed by atoms with E-state index in [0.29, 0.717) is 12.1 Å². The van der Waals surface area contributed by atoms with Crippen LogP contribution in [0, 0.1) is 11.8 Å². The van der Waals surface area contributed by atoms with Gasteiger partial charge in [-0.2, -0.15) is 0 Å². The molecule has 0 radical (unpaired) electrons. The Morgan fingerprint density at radius 1 is 0.783 bits per heavy atom. The Bertz CT molecular complexity index is 737. The lowest BCUT2D eigenvalue weighted by Crippen LogP contribution is -2.30. The van der Waals surface area contributed by atoms with Crippen molar-refractivity contribution >= 4 is 27.7 Å². The van der Waals surface area contributed by atoms with E-state index >= 15 is 0 Å². The molecule has 2 aliphatic rings. The number of hydrogen-bond donors (Lipinski definition) is 0. The molecule has 1 heterocycles. The SMILES string of the molecule is O=C1C2C=CC=CC2C(=O)N1c1ccc(S(F)(F)(F)(F)F)cc1. The molecule has 0 spiro atoms. The number of halogens is 5. The highest BCUT2D eigenvalue weighted by Gasteiger charge is 2.65. The van der Waals surface area contributed by atoms with E-state index < -0.39 is 38.8 Å². The number of allylic oxidation sites excluding steroid dienone is 2. The molecular weight excluding hydrogens is 341 g/mol. The Labute approximate surface area is 127 Å². The molecule has 9 heteroatoms. The van der Waals surface area contributed by atoms with Crippen molar-refractivity contribution in [3.8, 4) is 0 Å². The van der Waals surface area contributed by atoms with Gasteiger partial charge in [0.25, 0.3) is 0 Å². The fourth-order valence-corrected chi connectivity index (χ4v) is 3.24. The number of amides is 2. The first kappa shape index (κ1) is 15.7. The summed E-state index contributed by atoms with van der Waals surface area (Å²) in [7, 11) is -9.78. The number of carbonyl (C=O) groups excluding carboxylic acids is 2. The number of imide groups is 1. The zero-order chi connectivity index (χ0) is 17.1. The first-order valence-corrected chi connectivity index (χ1v) is 8.40. The van der Waals surface area contributed by atoms with Crippen LogP contribution in [0.4, 0.5) is 25.1 Å². The van der Waals surface area contributed by atoms with Gasteiger partial charge >= 0.3 is 10.2 Å². The average molecular weight is 351 g/mol. The van der Waals surface area contributed by atoms with Crippen LogP contribution in [-0.4, -0.2) is 11.8 Å². The van der Waals surface area contributed by atoms with Crippen LogP contribution in [0.5, 0.6) is 0 Å². The van der Waals surface area contributed by atoms with Crippen molar-refractivity contribution in [1.29, 1.82) is 0 Å². The van der Waals surface area contributed by atoms with Crippen molar-refractivity contribution in [3.05, 3.63) is 48.6 Å². The summed E-state index contributed by atoms with van der Waals surface area (Å²) in [6.07, 6.45) is 6.22. The van der Waals surface area contributed by atoms with Gasteiger partial charge in [-0.05, 0) is 24.3 Å². The van der Waals surface area contributed by atoms with Crippen LogP contribution in [0.1, 0.15) is 0 Å². The average Bonchev–Trinajstić information content (AvgIpc) is 2.69. The van der Waals surface area contributed by atoms with E-state index in [1.165, 1.54) is 12.2 Å². The Balaban J connectivity index is 1.98. The third-order valence-electron chi connectivity index (χ3n) is 3.69. The molecule has 1 aliphatic carbocycles. The highest BCUT2D eigenvalue weighted by atomic mass is 32.5. The number of hydrogen-bond acceptors (Lipinski definition) is 2. The lowest BCUT2D eigenvalue weighted by molar-refractivity contribution is -0.122. The van der Waals surface area contributed by atoms with Gasteiger partial charge in [0.15, 0.2) is 0 Å². The third kappa shape index (κ3) is 2.65. The number of fused-ring (bicyclic) bond motifs is 1. The lowest BCUT2D eigenvalue weighted by atomic mass is 9.91. The van der Waals surface area contributed by atoms with E-state index in [0.717, 1.165) is 4.90 Å². The molecule has 0 aromatic heterocycles. The second-order valence-corrected chi connectivity index (χ2v) is 7.71. The molecular formula is C14H10F5NO2S. The van der Waals surface area contributed by atoms with Gasteiger partial charge in [-0.1, -0.05) is 43.7 Å². The van der Waals surface area contributed by atoms with Gasteiger partial charge in [-0.3, -0.25) is 9.59 Å². The van der Waals surface area contributed by atoms with E-state index in [4.69, 9.17) is 0 Å². The highest BCUT2D eigenvalue weighted by Crippen LogP contribution is 3.02. The summed E-state index contributed by atoms with van der Waals surface area (Å²) in [5.41, 5.74) is -0.165. The van der Waals surface area contributed by atoms with E-state index in [-0.39, 0.29) is 17.8 Å². The van der Waals surface area contributed by atoms with Gasteiger partial charge in [-0.15, -0.1) is 0 Å². The molecule has 0 bridgehead atoms. The van der Waals surface area contributed by atoms with Crippen molar-refractivity contribution < 1.29 is 29.0 Å². The Morgan fingerprint density at radius 3 is 1.61 bits per heavy atom. The summed E-state index contributed by atoms with van der Waals surface area (Å²) >= 11 is 0. The van der Waals surface area contributed by atoms with E-state index in [2.05, 4.69) is 0 Å². The molecule has 0 saturated carbocycles. The minimum absolute atomic E-state index is 0.165. The van der Waals surface area contributed by atoms with Crippen molar-refractivity contribution in [3.63, 3.8) is 0 Å². The Morgan fingerprint density at radius 2 is 1.22 bits per heavy atom. The number of benzene rings is 1. The molecule has 1 saturated heterocycles. The molecule has 3 nitrogen and oxygen atoms in total. The van der Waals surface area contributed by atoms with Gasteiger partial charge in [0.2, 0.25) is 11.8 Å². The number of rotatable bonds is 2. The predicted octanol–water partition coefficient (Wildman–Crippen LogP) is 4.58. The molecule has 2 unspecified atom stereocenters. The number of nitrogens with zero attached hydrogens (tertiary/aromatic N) is 1. The third-order valence-corrected chi connectivity index (χ3v) is 4.85. The van der Waals surface area contributed by atoms with Crippen LogP contribution < -0.4 is 4.90 Å². The van der Waals surface area contributed by atoms with Crippen LogP contribution in [0.2, 0.25) is 0 Å². The summed E-state index contributed by atoms with van der Waals surface area (Å²) in [5, 5.41) is 0. The zero-order valence-corrected chi connectivity index (χ0v) is 12.2. The maximum Gasteiger partial charge on any atom is 0.310 e. The second kappa shape index (κ2) is 4.02. The van der Waals surface area contributed by atoms with Gasteiger partial charge < -0.3 is 0 Å². The molecule has 23 heavy (non-hydrogen) atoms. The lowest BCUT2D eigenvalue weighted by Gasteiger charge is -2.40. The molecule has 1 fully saturated rings. The van der Waals surface area contributed by atoms with Crippen LogP contribution >= 0.6 is 10.2 Å². The summed E-state index contributed by atoms with van der Waals surface area (Å²) in [5.74, 6) is -2.63. The molecule has 1 aliphatic heterocycles. The quantitative estimate of drug-likeness (QED) is 0.578. The molecule has 2 amide bonds. The van der Waals surface area contributed by atoms with Crippen molar-refractivity contribution in [2.75, 3.05) is 4.90 Å². The fraction of sp³-hybridized carbons (Fsp3) is 0.143. The summed E-state index contributed by atoms with van der Waals surface area (Å²) in [6.45, 7) is 0. The normalized spacial score (nSPS) is 26.9. The monoisotopic (exact) mass is 351 g/mol. The van der Waals surface area contributed by atoms with Crippen LogP contribution in [0.15, 0.2) is 53.5 Å². The van der Waals surface area contributed by atoms with Crippen molar-refractivity contribution in [2.45, 2.75) is 4.90 Å². The van der Waals surface area contributed by atoms with Crippen LogP contribution in [0.3, 0.4) is 0 Å². The van der Waals surface area contributed by atoms with E-state index in [1.807, 2.05) is 0 Å². The topological polar surface area (TPSA) is 37.4 Å². The van der Waals surface area contributed by atoms with E-state index in [1.54, 1.807) is 12.2 Å². The largest absolute Gasteiger partial charge is 0.310 e. The molecule has 2 atom stereocenters. The summed E-state index contributed by atoms with van der Waals surface area (Å²) in [6, 6.07) is 1.78. The van der Waals surface area contributed by atoms with Crippen molar-refractivity contribution in [2.24, 2.45) is 11.8 Å². The second-order valence-electron chi connectivity index (χ2n) is 5.30. The highest BCUT2D eigenvalue weighted by molar-refractivity contribution is 8.45. The smallest absolute Gasteiger partial charge is 0.273 e. The first-order valence-electron chi connectivity index (χ1n) is 6.45. The Kier molecular flexibility index (Phi) is 2.75. The fourth-order valence-electron chi connectivity index (χ4n) is 2.59. The predicted molar refractivity (Wildman–Crippen MR) is 75.6 cm³/mol. The van der Waals surface area contributed by atoms with Crippen LogP contribution in [0.25, 0.3) is 0 Å². The zero-order valence-electron chi connectivity index (χ0n) is 11.3. The van der Waals surface area contributed by atoms with Gasteiger partial charge in [0, 0.05) is 0 Å². The molecule has 0 N–H and O–H groups in total. The van der Waals surface area contributed by atoms with Gasteiger partial charge in [0.05, 0.1) is 17.5 Å². The minimum Gasteiger partial charge on any atom is -0.273 e. The molecule has 1 aromatic rings. The number of anilines is 1. The molecule has 1 aromatic carbocycles. The van der Waals surface area contributed by atoms with E-state index in [9.17, 15) is 29.0 Å². The number of carbonyl (C=O) groups is 2. The Hall–Kier alpha value is -2.16. The summed E-state index contributed by atoms with van der Waals surface area (Å²) in [4.78, 5) is 23.1. The first-order chi connectivity index (χ1) is 10.4. The van der Waals surface area contributed by atoms with Crippen LogP contribution in [-0.2, 0) is 9.59 Å². The molecule has 3 rings (SSSR count). The standard InChI is InChI=1S/C14H10F5NO2S/c15-23(16,17,18,19)10-7-5-9(6-8-10)20-13(21)11-3-1-2-4-12(11)14(20)22/h1-8,11-12H. The van der Waals surface area contributed by atoms with Gasteiger partial charge in [-0.25, -0.2) is 4.90 Å². The minimum atomic E-state index is -9.78.